The van der Waals surface area contributed by atoms with Crippen molar-refractivity contribution >= 4 is 61.4 Å². The number of hydrogen-bond donors (Lipinski definition) is 0. The van der Waals surface area contributed by atoms with Crippen LogP contribution in [0, 0.1) is 0 Å². The third-order valence-corrected chi connectivity index (χ3v) is 7.54. The van der Waals surface area contributed by atoms with Crippen molar-refractivity contribution in [2.45, 2.75) is 45.4 Å². The molecule has 2 aromatic carbocycles. The zero-order valence-corrected chi connectivity index (χ0v) is 19.2. The number of rotatable bonds is 7. The summed E-state index contributed by atoms with van der Waals surface area (Å²) in [6.07, 6.45) is 6.53. The van der Waals surface area contributed by atoms with Crippen LogP contribution in [-0.2, 0) is 0 Å². The SMILES string of the molecule is CCCCCCCCN1C(=O)c2ccc3c(=O)n4c5cscc5nc4c4ccc(c2c34)C1=O. The van der Waals surface area contributed by atoms with Crippen molar-refractivity contribution < 1.29 is 9.59 Å². The largest absolute Gasteiger partial charge is 0.274 e. The molecule has 0 N–H and O–H groups in total. The molecule has 7 heteroatoms. The molecule has 0 bridgehead atoms. The number of unbranched alkanes of at least 4 members (excludes halogenated alkanes) is 5. The Labute approximate surface area is 193 Å². The van der Waals surface area contributed by atoms with Gasteiger partial charge in [-0.2, -0.15) is 0 Å². The first-order valence-electron chi connectivity index (χ1n) is 11.6. The summed E-state index contributed by atoms with van der Waals surface area (Å²) in [6.45, 7) is 2.61. The second-order valence-corrected chi connectivity index (χ2v) is 9.56. The van der Waals surface area contributed by atoms with Gasteiger partial charge in [-0.25, -0.2) is 4.98 Å². The molecule has 5 aromatic rings. The molecule has 6 nitrogen and oxygen atoms in total. The van der Waals surface area contributed by atoms with E-state index in [1.54, 1.807) is 22.6 Å². The van der Waals surface area contributed by atoms with Crippen LogP contribution in [0.4, 0.5) is 0 Å². The zero-order chi connectivity index (χ0) is 22.7. The molecule has 0 saturated carbocycles. The Hall–Kier alpha value is -3.32. The molecule has 0 unspecified atom stereocenters. The van der Waals surface area contributed by atoms with Crippen LogP contribution in [0.15, 0.2) is 39.8 Å². The number of carbonyl (C=O) groups excluding carboxylic acids is 2. The zero-order valence-electron chi connectivity index (χ0n) is 18.4. The molecule has 0 saturated heterocycles. The van der Waals surface area contributed by atoms with Crippen molar-refractivity contribution in [3.63, 3.8) is 0 Å². The van der Waals surface area contributed by atoms with Crippen LogP contribution in [0.5, 0.6) is 0 Å². The summed E-state index contributed by atoms with van der Waals surface area (Å²) in [5.74, 6) is -0.543. The van der Waals surface area contributed by atoms with Crippen molar-refractivity contribution in [3.8, 4) is 0 Å². The second kappa shape index (κ2) is 7.63. The molecule has 33 heavy (non-hydrogen) atoms. The highest BCUT2D eigenvalue weighted by Crippen LogP contribution is 2.37. The Morgan fingerprint density at radius 3 is 2.27 bits per heavy atom. The second-order valence-electron chi connectivity index (χ2n) is 8.82. The van der Waals surface area contributed by atoms with Crippen molar-refractivity contribution in [3.05, 3.63) is 56.5 Å². The first kappa shape index (κ1) is 20.3. The predicted octanol–water partition coefficient (Wildman–Crippen LogP) is 5.61. The van der Waals surface area contributed by atoms with Gasteiger partial charge in [-0.05, 0) is 30.7 Å². The van der Waals surface area contributed by atoms with E-state index in [1.165, 1.54) is 35.5 Å². The van der Waals surface area contributed by atoms with Crippen LogP contribution in [0.3, 0.4) is 0 Å². The van der Waals surface area contributed by atoms with Crippen LogP contribution in [0.1, 0.15) is 66.2 Å². The molecule has 166 valence electrons. The van der Waals surface area contributed by atoms with Gasteiger partial charge < -0.3 is 0 Å². The van der Waals surface area contributed by atoms with Crippen LogP contribution >= 0.6 is 11.3 Å². The fourth-order valence-electron chi connectivity index (χ4n) is 5.17. The van der Waals surface area contributed by atoms with Gasteiger partial charge in [0.15, 0.2) is 0 Å². The van der Waals surface area contributed by atoms with Gasteiger partial charge in [0.25, 0.3) is 17.4 Å². The van der Waals surface area contributed by atoms with Crippen molar-refractivity contribution in [1.82, 2.24) is 14.3 Å². The number of pyridine rings is 1. The highest BCUT2D eigenvalue weighted by atomic mass is 32.1. The number of fused-ring (bicyclic) bond motifs is 4. The van der Waals surface area contributed by atoms with Gasteiger partial charge in [0.2, 0.25) is 0 Å². The maximum Gasteiger partial charge on any atom is 0.264 e. The lowest BCUT2D eigenvalue weighted by molar-refractivity contribution is 0.0608. The summed E-state index contributed by atoms with van der Waals surface area (Å²) in [4.78, 5) is 46.2. The van der Waals surface area contributed by atoms with Gasteiger partial charge in [0.05, 0.1) is 5.52 Å². The van der Waals surface area contributed by atoms with Gasteiger partial charge >= 0.3 is 0 Å². The van der Waals surface area contributed by atoms with Gasteiger partial charge in [-0.15, -0.1) is 11.3 Å². The minimum atomic E-state index is -0.272. The molecule has 0 fully saturated rings. The molecule has 3 aromatic heterocycles. The molecule has 0 radical (unpaired) electrons. The van der Waals surface area contributed by atoms with E-state index in [-0.39, 0.29) is 17.4 Å². The number of thiophene rings is 1. The lowest BCUT2D eigenvalue weighted by Crippen LogP contribution is -2.41. The number of nitrogens with zero attached hydrogens (tertiary/aromatic N) is 3. The number of benzene rings is 2. The minimum absolute atomic E-state index is 0.170. The number of imide groups is 1. The molecule has 1 aliphatic rings. The summed E-state index contributed by atoms with van der Waals surface area (Å²) in [7, 11) is 0. The highest BCUT2D eigenvalue weighted by Gasteiger charge is 2.34. The number of carbonyl (C=O) groups is 2. The number of imidazole rings is 1. The van der Waals surface area contributed by atoms with Crippen molar-refractivity contribution in [1.29, 1.82) is 0 Å². The van der Waals surface area contributed by atoms with E-state index < -0.39 is 0 Å². The maximum absolute atomic E-state index is 13.4. The van der Waals surface area contributed by atoms with E-state index in [9.17, 15) is 14.4 Å². The Morgan fingerprint density at radius 1 is 0.818 bits per heavy atom. The van der Waals surface area contributed by atoms with E-state index in [4.69, 9.17) is 0 Å². The Kier molecular flexibility index (Phi) is 4.69. The summed E-state index contributed by atoms with van der Waals surface area (Å²) < 4.78 is 1.64. The van der Waals surface area contributed by atoms with Gasteiger partial charge in [0.1, 0.15) is 11.2 Å². The number of amides is 2. The van der Waals surface area contributed by atoms with Gasteiger partial charge in [0, 0.05) is 50.0 Å². The quantitative estimate of drug-likeness (QED) is 0.235. The van der Waals surface area contributed by atoms with Crippen molar-refractivity contribution in [2.24, 2.45) is 0 Å². The summed E-state index contributed by atoms with van der Waals surface area (Å²) in [6, 6.07) is 7.09. The third kappa shape index (κ3) is 2.85. The molecule has 0 spiro atoms. The van der Waals surface area contributed by atoms with Crippen molar-refractivity contribution in [2.75, 3.05) is 6.54 Å². The Morgan fingerprint density at radius 2 is 1.52 bits per heavy atom. The van der Waals surface area contributed by atoms with E-state index in [0.717, 1.165) is 35.7 Å². The fourth-order valence-corrected chi connectivity index (χ4v) is 5.90. The summed E-state index contributed by atoms with van der Waals surface area (Å²) in [5.41, 5.74) is 2.95. The van der Waals surface area contributed by atoms with Crippen LogP contribution < -0.4 is 5.56 Å². The average Bonchev–Trinajstić information content (AvgIpc) is 3.42. The van der Waals surface area contributed by atoms with E-state index >= 15 is 0 Å². The van der Waals surface area contributed by atoms with Gasteiger partial charge in [-0.1, -0.05) is 39.0 Å². The van der Waals surface area contributed by atoms with E-state index in [2.05, 4.69) is 11.9 Å². The third-order valence-electron chi connectivity index (χ3n) is 6.82. The molecule has 0 aliphatic carbocycles. The molecular formula is C26H23N3O3S. The molecule has 0 atom stereocenters. The average molecular weight is 458 g/mol. The van der Waals surface area contributed by atoms with E-state index in [1.807, 2.05) is 16.8 Å². The maximum atomic E-state index is 13.4. The van der Waals surface area contributed by atoms with Crippen LogP contribution in [0.25, 0.3) is 38.2 Å². The number of aromatic nitrogens is 2. The Bertz CT molecular complexity index is 1610. The lowest BCUT2D eigenvalue weighted by Gasteiger charge is -2.28. The predicted molar refractivity (Wildman–Crippen MR) is 132 cm³/mol. The van der Waals surface area contributed by atoms with Gasteiger partial charge in [-0.3, -0.25) is 23.7 Å². The molecule has 4 heterocycles. The smallest absolute Gasteiger partial charge is 0.264 e. The fraction of sp³-hybridized carbons (Fsp3) is 0.308. The van der Waals surface area contributed by atoms with E-state index in [0.29, 0.717) is 39.5 Å². The topological polar surface area (TPSA) is 71.8 Å². The molecule has 2 amide bonds. The normalized spacial score (nSPS) is 14.0. The summed E-state index contributed by atoms with van der Waals surface area (Å²) in [5, 5.41) is 6.39. The Balaban J connectivity index is 1.48. The highest BCUT2D eigenvalue weighted by molar-refractivity contribution is 7.09. The van der Waals surface area contributed by atoms with Crippen LogP contribution in [0.2, 0.25) is 0 Å². The number of hydrogen-bond acceptors (Lipinski definition) is 5. The molecule has 6 rings (SSSR count). The first-order valence-corrected chi connectivity index (χ1v) is 12.5. The molecule has 1 aliphatic heterocycles. The first-order chi connectivity index (χ1) is 16.1. The minimum Gasteiger partial charge on any atom is -0.274 e. The molecular weight excluding hydrogens is 434 g/mol. The summed E-state index contributed by atoms with van der Waals surface area (Å²) >= 11 is 1.51. The van der Waals surface area contributed by atoms with Crippen LogP contribution in [-0.4, -0.2) is 32.6 Å². The monoisotopic (exact) mass is 457 g/mol. The standard InChI is InChI=1S/C26H23N3O3S/c1-2-3-4-5-6-7-12-28-24(30)16-9-8-15-21-18(11-10-17(22(16)21)25(28)31)26(32)29-20-14-33-13-19(20)27-23(15)29/h8-11,13-14H,2-7,12H2,1H3. The lowest BCUT2D eigenvalue weighted by atomic mass is 9.90.